The van der Waals surface area contributed by atoms with Gasteiger partial charge in [-0.05, 0) is 19.1 Å². The second kappa shape index (κ2) is 6.43. The number of ether oxygens (including phenoxy) is 1. The smallest absolute Gasteiger partial charge is 0.176 e. The Balaban J connectivity index is 2.06. The number of carbonyl (C=O) groups is 1. The van der Waals surface area contributed by atoms with E-state index in [-0.39, 0.29) is 5.78 Å². The summed E-state index contributed by atoms with van der Waals surface area (Å²) in [4.78, 5) is 16.4. The molecule has 0 atom stereocenters. The standard InChI is InChI=1S/C14H16N2O2S/c1-3-18-13-7-5-4-6-11(13)12(17)10-19-14-15-8-9-16(14)2/h4-9H,3,10H2,1-2H3. The van der Waals surface area contributed by atoms with Gasteiger partial charge >= 0.3 is 0 Å². The molecule has 0 radical (unpaired) electrons. The zero-order valence-corrected chi connectivity index (χ0v) is 11.8. The maximum absolute atomic E-state index is 12.2. The van der Waals surface area contributed by atoms with Gasteiger partial charge < -0.3 is 9.30 Å². The van der Waals surface area contributed by atoms with Crippen molar-refractivity contribution in [1.82, 2.24) is 9.55 Å². The van der Waals surface area contributed by atoms with Crippen molar-refractivity contribution < 1.29 is 9.53 Å². The zero-order valence-electron chi connectivity index (χ0n) is 11.0. The first-order chi connectivity index (χ1) is 9.22. The van der Waals surface area contributed by atoms with Crippen LogP contribution in [0, 0.1) is 0 Å². The van der Waals surface area contributed by atoms with E-state index in [1.807, 2.05) is 42.9 Å². The van der Waals surface area contributed by atoms with Gasteiger partial charge in [-0.3, -0.25) is 4.79 Å². The van der Waals surface area contributed by atoms with Crippen molar-refractivity contribution in [3.8, 4) is 5.75 Å². The molecule has 0 fully saturated rings. The Morgan fingerprint density at radius 1 is 1.42 bits per heavy atom. The number of nitrogens with zero attached hydrogens (tertiary/aromatic N) is 2. The molecule has 0 aliphatic rings. The molecule has 1 aromatic carbocycles. The Morgan fingerprint density at radius 3 is 2.89 bits per heavy atom. The molecule has 5 heteroatoms. The predicted octanol–water partition coefficient (Wildman–Crippen LogP) is 2.79. The van der Waals surface area contributed by atoms with Gasteiger partial charge in [-0.1, -0.05) is 23.9 Å². The first-order valence-corrected chi connectivity index (χ1v) is 7.06. The quantitative estimate of drug-likeness (QED) is 0.601. The summed E-state index contributed by atoms with van der Waals surface area (Å²) in [6.45, 7) is 2.46. The summed E-state index contributed by atoms with van der Waals surface area (Å²) in [5.74, 6) is 1.06. The third kappa shape index (κ3) is 3.38. The van der Waals surface area contributed by atoms with Crippen LogP contribution in [-0.2, 0) is 7.05 Å². The van der Waals surface area contributed by atoms with Crippen LogP contribution in [0.25, 0.3) is 0 Å². The fraction of sp³-hybridized carbons (Fsp3) is 0.286. The predicted molar refractivity (Wildman–Crippen MR) is 75.9 cm³/mol. The number of rotatable bonds is 6. The molecule has 1 heterocycles. The van der Waals surface area contributed by atoms with E-state index in [9.17, 15) is 4.79 Å². The van der Waals surface area contributed by atoms with Crippen LogP contribution in [0.2, 0.25) is 0 Å². The number of benzene rings is 1. The van der Waals surface area contributed by atoms with E-state index in [2.05, 4.69) is 4.98 Å². The summed E-state index contributed by atoms with van der Waals surface area (Å²) in [6, 6.07) is 7.34. The summed E-state index contributed by atoms with van der Waals surface area (Å²) in [5.41, 5.74) is 0.631. The van der Waals surface area contributed by atoms with Gasteiger partial charge in [-0.15, -0.1) is 0 Å². The van der Waals surface area contributed by atoms with Crippen molar-refractivity contribution in [2.45, 2.75) is 12.1 Å². The van der Waals surface area contributed by atoms with Gasteiger partial charge in [0.25, 0.3) is 0 Å². The lowest BCUT2D eigenvalue weighted by Crippen LogP contribution is -2.06. The van der Waals surface area contributed by atoms with E-state index in [1.165, 1.54) is 11.8 Å². The highest BCUT2D eigenvalue weighted by Crippen LogP contribution is 2.22. The Morgan fingerprint density at radius 2 is 2.21 bits per heavy atom. The third-order valence-corrected chi connectivity index (χ3v) is 3.65. The molecule has 0 spiro atoms. The fourth-order valence-corrected chi connectivity index (χ4v) is 2.49. The average molecular weight is 276 g/mol. The molecule has 2 aromatic rings. The topological polar surface area (TPSA) is 44.1 Å². The van der Waals surface area contributed by atoms with Crippen LogP contribution in [0.5, 0.6) is 5.75 Å². The highest BCUT2D eigenvalue weighted by Gasteiger charge is 2.13. The van der Waals surface area contributed by atoms with E-state index in [1.54, 1.807) is 12.3 Å². The number of ketones is 1. The summed E-state index contributed by atoms with van der Waals surface area (Å²) in [5, 5.41) is 0.835. The minimum Gasteiger partial charge on any atom is -0.493 e. The second-order valence-corrected chi connectivity index (χ2v) is 4.90. The van der Waals surface area contributed by atoms with Crippen LogP contribution in [0.15, 0.2) is 41.8 Å². The number of hydrogen-bond donors (Lipinski definition) is 0. The number of carbonyl (C=O) groups excluding carboxylic acids is 1. The van der Waals surface area contributed by atoms with Gasteiger partial charge in [0, 0.05) is 19.4 Å². The Hall–Kier alpha value is -1.75. The fourth-order valence-electron chi connectivity index (χ4n) is 1.68. The maximum atomic E-state index is 12.2. The van der Waals surface area contributed by atoms with E-state index >= 15 is 0 Å². The van der Waals surface area contributed by atoms with Crippen LogP contribution in [-0.4, -0.2) is 27.7 Å². The van der Waals surface area contributed by atoms with Gasteiger partial charge in [0.15, 0.2) is 10.9 Å². The molecule has 0 saturated carbocycles. The highest BCUT2D eigenvalue weighted by molar-refractivity contribution is 7.99. The number of aryl methyl sites for hydroxylation is 1. The molecule has 0 aliphatic carbocycles. The molecule has 100 valence electrons. The number of imidazole rings is 1. The first-order valence-electron chi connectivity index (χ1n) is 6.07. The van der Waals surface area contributed by atoms with Crippen LogP contribution in [0.3, 0.4) is 0 Å². The molecular formula is C14H16N2O2S. The Labute approximate surface area is 116 Å². The molecule has 0 N–H and O–H groups in total. The lowest BCUT2D eigenvalue weighted by Gasteiger charge is -2.08. The molecule has 19 heavy (non-hydrogen) atoms. The van der Waals surface area contributed by atoms with Crippen LogP contribution < -0.4 is 4.74 Å². The first kappa shape index (κ1) is 13.7. The Bertz CT molecular complexity index is 566. The van der Waals surface area contributed by atoms with E-state index in [0.29, 0.717) is 23.7 Å². The van der Waals surface area contributed by atoms with E-state index < -0.39 is 0 Å². The molecule has 0 unspecified atom stereocenters. The summed E-state index contributed by atoms with van der Waals surface area (Å²) in [6.07, 6.45) is 3.59. The number of para-hydroxylation sites is 1. The van der Waals surface area contributed by atoms with Crippen molar-refractivity contribution in [1.29, 1.82) is 0 Å². The van der Waals surface area contributed by atoms with Crippen LogP contribution in [0.4, 0.5) is 0 Å². The van der Waals surface area contributed by atoms with Gasteiger partial charge in [0.1, 0.15) is 5.75 Å². The molecule has 0 aliphatic heterocycles. The van der Waals surface area contributed by atoms with Gasteiger partial charge in [0.05, 0.1) is 17.9 Å². The van der Waals surface area contributed by atoms with Crippen molar-refractivity contribution in [3.63, 3.8) is 0 Å². The highest BCUT2D eigenvalue weighted by atomic mass is 32.2. The van der Waals surface area contributed by atoms with Gasteiger partial charge in [-0.25, -0.2) is 4.98 Å². The van der Waals surface area contributed by atoms with Crippen molar-refractivity contribution >= 4 is 17.5 Å². The van der Waals surface area contributed by atoms with Crippen molar-refractivity contribution in [2.75, 3.05) is 12.4 Å². The summed E-state index contributed by atoms with van der Waals surface area (Å²) < 4.78 is 7.36. The van der Waals surface area contributed by atoms with E-state index in [4.69, 9.17) is 4.74 Å². The molecule has 0 saturated heterocycles. The van der Waals surface area contributed by atoms with Crippen molar-refractivity contribution in [2.24, 2.45) is 7.05 Å². The maximum Gasteiger partial charge on any atom is 0.176 e. The molecular weight excluding hydrogens is 260 g/mol. The normalized spacial score (nSPS) is 10.4. The molecule has 2 rings (SSSR count). The van der Waals surface area contributed by atoms with Crippen LogP contribution >= 0.6 is 11.8 Å². The number of hydrogen-bond acceptors (Lipinski definition) is 4. The van der Waals surface area contributed by atoms with Crippen molar-refractivity contribution in [3.05, 3.63) is 42.2 Å². The minimum absolute atomic E-state index is 0.0528. The Kier molecular flexibility index (Phi) is 4.63. The largest absolute Gasteiger partial charge is 0.493 e. The molecule has 0 amide bonds. The second-order valence-electron chi connectivity index (χ2n) is 3.96. The SMILES string of the molecule is CCOc1ccccc1C(=O)CSc1nccn1C. The van der Waals surface area contributed by atoms with Crippen LogP contribution in [0.1, 0.15) is 17.3 Å². The number of aromatic nitrogens is 2. The number of Topliss-reactive ketones (excluding diaryl/α,β-unsaturated/α-hetero) is 1. The minimum atomic E-state index is 0.0528. The van der Waals surface area contributed by atoms with Gasteiger partial charge in [0.2, 0.25) is 0 Å². The number of thioether (sulfide) groups is 1. The lowest BCUT2D eigenvalue weighted by atomic mass is 10.1. The summed E-state index contributed by atoms with van der Waals surface area (Å²) in [7, 11) is 1.91. The molecule has 4 nitrogen and oxygen atoms in total. The molecule has 0 bridgehead atoms. The monoisotopic (exact) mass is 276 g/mol. The summed E-state index contributed by atoms with van der Waals surface area (Å²) >= 11 is 1.43. The molecule has 1 aromatic heterocycles. The lowest BCUT2D eigenvalue weighted by molar-refractivity contribution is 0.101. The van der Waals surface area contributed by atoms with Gasteiger partial charge in [-0.2, -0.15) is 0 Å². The average Bonchev–Trinajstić information content (AvgIpc) is 2.82. The zero-order chi connectivity index (χ0) is 13.7. The third-order valence-electron chi connectivity index (χ3n) is 2.60. The van der Waals surface area contributed by atoms with E-state index in [0.717, 1.165) is 5.16 Å².